The van der Waals surface area contributed by atoms with E-state index in [4.69, 9.17) is 0 Å². The average Bonchev–Trinajstić information content (AvgIpc) is 2.77. The molecule has 1 atom stereocenters. The molecule has 10 heteroatoms. The number of carbonyl (C=O) groups is 2. The van der Waals surface area contributed by atoms with Crippen LogP contribution >= 0.6 is 0 Å². The number of nitro benzene ring substituents is 1. The van der Waals surface area contributed by atoms with E-state index in [1.807, 2.05) is 0 Å². The second kappa shape index (κ2) is 9.80. The quantitative estimate of drug-likeness (QED) is 0.500. The number of nitrogens with zero attached hydrogens (tertiary/aromatic N) is 1. The van der Waals surface area contributed by atoms with Gasteiger partial charge < -0.3 is 10.6 Å². The van der Waals surface area contributed by atoms with E-state index in [0.29, 0.717) is 6.07 Å². The molecule has 0 aliphatic heterocycles. The van der Waals surface area contributed by atoms with Crippen LogP contribution < -0.4 is 10.6 Å². The third-order valence-electron chi connectivity index (χ3n) is 5.36. The van der Waals surface area contributed by atoms with Crippen LogP contribution in [0.25, 0.3) is 0 Å². The number of nitrogens with one attached hydrogen (secondary N) is 2. The lowest BCUT2D eigenvalue weighted by Gasteiger charge is -2.26. The fourth-order valence-corrected chi connectivity index (χ4v) is 3.70. The molecule has 0 bridgehead atoms. The third-order valence-corrected chi connectivity index (χ3v) is 5.36. The van der Waals surface area contributed by atoms with Crippen molar-refractivity contribution in [3.63, 3.8) is 0 Å². The first-order valence-corrected chi connectivity index (χ1v) is 10.2. The fraction of sp³-hybridized carbons (Fsp3) is 0.364. The number of alkyl halides is 3. The summed E-state index contributed by atoms with van der Waals surface area (Å²) in [6.45, 7) is 0. The maximum atomic E-state index is 13.0. The average molecular weight is 449 g/mol. The summed E-state index contributed by atoms with van der Waals surface area (Å²) in [5.41, 5.74) is -1.39. The molecule has 0 aromatic heterocycles. The normalized spacial score (nSPS) is 15.6. The van der Waals surface area contributed by atoms with Gasteiger partial charge in [0.2, 0.25) is 5.91 Å². The second-order valence-electron chi connectivity index (χ2n) is 7.68. The van der Waals surface area contributed by atoms with Gasteiger partial charge >= 0.3 is 6.18 Å². The minimum absolute atomic E-state index is 0.0945. The van der Waals surface area contributed by atoms with Gasteiger partial charge in [-0.05, 0) is 36.6 Å². The topological polar surface area (TPSA) is 101 Å². The smallest absolute Gasteiger partial charge is 0.351 e. The molecule has 1 aliphatic carbocycles. The molecule has 2 aromatic carbocycles. The van der Waals surface area contributed by atoms with Crippen LogP contribution in [-0.2, 0) is 11.0 Å². The summed E-state index contributed by atoms with van der Waals surface area (Å²) in [5.74, 6) is -1.47. The maximum absolute atomic E-state index is 13.0. The first-order chi connectivity index (χ1) is 15.1. The van der Waals surface area contributed by atoms with E-state index in [9.17, 15) is 32.9 Å². The van der Waals surface area contributed by atoms with Crippen LogP contribution in [0.2, 0.25) is 0 Å². The van der Waals surface area contributed by atoms with Gasteiger partial charge in [-0.1, -0.05) is 37.5 Å². The van der Waals surface area contributed by atoms with Crippen molar-refractivity contribution < 1.29 is 27.7 Å². The highest BCUT2D eigenvalue weighted by molar-refractivity contribution is 5.98. The Bertz CT molecular complexity index is 1000. The largest absolute Gasteiger partial charge is 0.416 e. The Balaban J connectivity index is 1.88. The zero-order valence-corrected chi connectivity index (χ0v) is 17.0. The van der Waals surface area contributed by atoms with Crippen molar-refractivity contribution in [1.29, 1.82) is 0 Å². The highest BCUT2D eigenvalue weighted by Gasteiger charge is 2.32. The van der Waals surface area contributed by atoms with E-state index in [-0.39, 0.29) is 22.9 Å². The third kappa shape index (κ3) is 5.83. The molecule has 1 unspecified atom stereocenters. The van der Waals surface area contributed by atoms with E-state index >= 15 is 0 Å². The standard InChI is InChI=1S/C22H22F3N3O4/c23-22(24,25)16-8-4-7-15(12-16)20(29)27-19(14-6-5-11-18(13-14)28(31)32)21(30)26-17-9-2-1-3-10-17/h4-8,11-13,17,19H,1-3,9-10H2,(H,26,30)(H,27,29). The molecule has 2 aromatic rings. The van der Waals surface area contributed by atoms with E-state index in [0.717, 1.165) is 50.3 Å². The molecule has 170 valence electrons. The molecule has 0 heterocycles. The van der Waals surface area contributed by atoms with Gasteiger partial charge in [-0.3, -0.25) is 19.7 Å². The van der Waals surface area contributed by atoms with Crippen LogP contribution in [0.3, 0.4) is 0 Å². The lowest BCUT2D eigenvalue weighted by atomic mass is 9.95. The van der Waals surface area contributed by atoms with Crippen molar-refractivity contribution in [2.75, 3.05) is 0 Å². The molecule has 2 amide bonds. The second-order valence-corrected chi connectivity index (χ2v) is 7.68. The zero-order valence-electron chi connectivity index (χ0n) is 17.0. The van der Waals surface area contributed by atoms with Gasteiger partial charge in [-0.2, -0.15) is 13.2 Å². The molecule has 1 fully saturated rings. The molecule has 3 rings (SSSR count). The van der Waals surface area contributed by atoms with Gasteiger partial charge in [0.15, 0.2) is 0 Å². The number of nitro groups is 1. The van der Waals surface area contributed by atoms with Gasteiger partial charge in [0.25, 0.3) is 11.6 Å². The monoisotopic (exact) mass is 449 g/mol. The lowest BCUT2D eigenvalue weighted by molar-refractivity contribution is -0.384. The van der Waals surface area contributed by atoms with E-state index < -0.39 is 34.5 Å². The Morgan fingerprint density at radius 2 is 1.72 bits per heavy atom. The summed E-state index contributed by atoms with van der Waals surface area (Å²) >= 11 is 0. The van der Waals surface area contributed by atoms with Crippen LogP contribution in [0.1, 0.15) is 59.6 Å². The fourth-order valence-electron chi connectivity index (χ4n) is 3.70. The number of halogens is 3. The van der Waals surface area contributed by atoms with Gasteiger partial charge in [-0.25, -0.2) is 0 Å². The molecule has 2 N–H and O–H groups in total. The number of rotatable bonds is 6. The number of hydrogen-bond donors (Lipinski definition) is 2. The van der Waals surface area contributed by atoms with Crippen molar-refractivity contribution in [2.24, 2.45) is 0 Å². The molecule has 0 radical (unpaired) electrons. The molecule has 1 saturated carbocycles. The molecule has 7 nitrogen and oxygen atoms in total. The summed E-state index contributed by atoms with van der Waals surface area (Å²) in [4.78, 5) is 36.3. The summed E-state index contributed by atoms with van der Waals surface area (Å²) in [6, 6.07) is 7.67. The number of carbonyl (C=O) groups excluding carboxylic acids is 2. The van der Waals surface area contributed by atoms with Gasteiger partial charge in [-0.15, -0.1) is 0 Å². The first kappa shape index (κ1) is 23.2. The van der Waals surface area contributed by atoms with Crippen LogP contribution in [0.5, 0.6) is 0 Å². The Morgan fingerprint density at radius 1 is 1.03 bits per heavy atom. The van der Waals surface area contributed by atoms with E-state index in [2.05, 4.69) is 10.6 Å². The van der Waals surface area contributed by atoms with E-state index in [1.54, 1.807) is 0 Å². The number of benzene rings is 2. The molecule has 0 saturated heterocycles. The van der Waals surface area contributed by atoms with Gasteiger partial charge in [0.05, 0.1) is 10.5 Å². The van der Waals surface area contributed by atoms with Crippen molar-refractivity contribution in [3.8, 4) is 0 Å². The Hall–Kier alpha value is -3.43. The summed E-state index contributed by atoms with van der Waals surface area (Å²) in [6.07, 6.45) is -0.128. The van der Waals surface area contributed by atoms with Crippen LogP contribution in [-0.4, -0.2) is 22.8 Å². The Kier molecular flexibility index (Phi) is 7.12. The molecular formula is C22H22F3N3O4. The molecule has 1 aliphatic rings. The van der Waals surface area contributed by atoms with Crippen LogP contribution in [0, 0.1) is 10.1 Å². The van der Waals surface area contributed by atoms with E-state index in [1.165, 1.54) is 24.3 Å². The number of hydrogen-bond acceptors (Lipinski definition) is 4. The van der Waals surface area contributed by atoms with Crippen molar-refractivity contribution in [2.45, 2.75) is 50.4 Å². The predicted molar refractivity (Wildman–Crippen MR) is 110 cm³/mol. The van der Waals surface area contributed by atoms with Gasteiger partial charge in [0.1, 0.15) is 6.04 Å². The summed E-state index contributed by atoms with van der Waals surface area (Å²) in [5, 5.41) is 16.4. The highest BCUT2D eigenvalue weighted by atomic mass is 19.4. The summed E-state index contributed by atoms with van der Waals surface area (Å²) < 4.78 is 39.0. The van der Waals surface area contributed by atoms with Crippen LogP contribution in [0.15, 0.2) is 48.5 Å². The Labute approximate surface area is 182 Å². The Morgan fingerprint density at radius 3 is 2.38 bits per heavy atom. The highest BCUT2D eigenvalue weighted by Crippen LogP contribution is 2.30. The zero-order chi connectivity index (χ0) is 23.3. The van der Waals surface area contributed by atoms with Crippen LogP contribution in [0.4, 0.5) is 18.9 Å². The lowest BCUT2D eigenvalue weighted by Crippen LogP contribution is -2.45. The molecule has 0 spiro atoms. The number of non-ortho nitro benzene ring substituents is 1. The minimum atomic E-state index is -4.63. The first-order valence-electron chi connectivity index (χ1n) is 10.2. The van der Waals surface area contributed by atoms with Crippen molar-refractivity contribution in [3.05, 3.63) is 75.3 Å². The summed E-state index contributed by atoms with van der Waals surface area (Å²) in [7, 11) is 0. The predicted octanol–water partition coefficient (Wildman–Crippen LogP) is 4.53. The van der Waals surface area contributed by atoms with Crippen molar-refractivity contribution in [1.82, 2.24) is 10.6 Å². The molecular weight excluding hydrogens is 427 g/mol. The number of amides is 2. The van der Waals surface area contributed by atoms with Crippen molar-refractivity contribution >= 4 is 17.5 Å². The van der Waals surface area contributed by atoms with Gasteiger partial charge in [0, 0.05) is 23.7 Å². The SMILES string of the molecule is O=C(NC(C(=O)NC1CCCCC1)c1cccc([N+](=O)[O-])c1)c1cccc(C(F)(F)F)c1. The maximum Gasteiger partial charge on any atom is 0.416 e. The minimum Gasteiger partial charge on any atom is -0.351 e. The molecule has 32 heavy (non-hydrogen) atoms.